The molecule has 0 aliphatic rings. The van der Waals surface area contributed by atoms with E-state index in [9.17, 15) is 5.26 Å². The van der Waals surface area contributed by atoms with Crippen LogP contribution in [0.2, 0.25) is 0 Å². The highest BCUT2D eigenvalue weighted by Gasteiger charge is 2.24. The predicted octanol–water partition coefficient (Wildman–Crippen LogP) is 16.6. The summed E-state index contributed by atoms with van der Waals surface area (Å²) in [5.41, 5.74) is 13.3. The first kappa shape index (κ1) is 40.6. The van der Waals surface area contributed by atoms with Crippen molar-refractivity contribution in [1.82, 2.24) is 24.1 Å². The molecule has 0 aliphatic carbocycles. The lowest BCUT2D eigenvalue weighted by Crippen LogP contribution is -2.03. The first-order valence-electron chi connectivity index (χ1n) is 23.7. The Kier molecular flexibility index (Phi) is 9.34. The number of nitriles is 1. The van der Waals surface area contributed by atoms with Gasteiger partial charge >= 0.3 is 0 Å². The predicted molar refractivity (Wildman–Crippen MR) is 293 cm³/mol. The van der Waals surface area contributed by atoms with E-state index in [1.54, 1.807) is 0 Å². The molecule has 0 atom stereocenters. The van der Waals surface area contributed by atoms with Crippen LogP contribution >= 0.6 is 11.3 Å². The third-order valence-electron chi connectivity index (χ3n) is 13.9. The molecule has 0 saturated heterocycles. The van der Waals surface area contributed by atoms with Gasteiger partial charge in [-0.3, -0.25) is 0 Å². The summed E-state index contributed by atoms with van der Waals surface area (Å²) in [7, 11) is 0. The molecule has 10 aromatic carbocycles. The number of fused-ring (bicyclic) bond motifs is 10. The molecule has 14 rings (SSSR count). The van der Waals surface area contributed by atoms with Crippen molar-refractivity contribution in [2.24, 2.45) is 0 Å². The van der Waals surface area contributed by atoms with Crippen molar-refractivity contribution in [3.63, 3.8) is 0 Å². The normalized spacial score (nSPS) is 11.6. The highest BCUT2D eigenvalue weighted by Crippen LogP contribution is 2.45. The Labute approximate surface area is 412 Å². The molecular formula is C64H38N6S. The fourth-order valence-electron chi connectivity index (χ4n) is 10.7. The Hall–Kier alpha value is -9.48. The first-order chi connectivity index (χ1) is 35.2. The maximum absolute atomic E-state index is 11.3. The lowest BCUT2D eigenvalue weighted by Gasteiger charge is -2.15. The van der Waals surface area contributed by atoms with Gasteiger partial charge in [-0.1, -0.05) is 182 Å². The molecule has 0 radical (unpaired) electrons. The summed E-state index contributed by atoms with van der Waals surface area (Å²) in [6.07, 6.45) is 0. The molecule has 0 saturated carbocycles. The largest absolute Gasteiger partial charge is 0.308 e. The van der Waals surface area contributed by atoms with Gasteiger partial charge in [-0.05, 0) is 70.8 Å². The van der Waals surface area contributed by atoms with Gasteiger partial charge in [0.25, 0.3) is 0 Å². The Balaban J connectivity index is 1.00. The maximum Gasteiger partial charge on any atom is 0.164 e. The number of hydrogen-bond donors (Lipinski definition) is 0. The van der Waals surface area contributed by atoms with E-state index < -0.39 is 0 Å². The van der Waals surface area contributed by atoms with E-state index in [-0.39, 0.29) is 0 Å². The van der Waals surface area contributed by atoms with Crippen LogP contribution in [0.4, 0.5) is 0 Å². The van der Waals surface area contributed by atoms with Crippen LogP contribution in [0.3, 0.4) is 0 Å². The fourth-order valence-corrected chi connectivity index (χ4v) is 11.9. The van der Waals surface area contributed by atoms with Crippen LogP contribution in [-0.2, 0) is 0 Å². The monoisotopic (exact) mass is 922 g/mol. The molecule has 0 aliphatic heterocycles. The lowest BCUT2D eigenvalue weighted by molar-refractivity contribution is 1.07. The molecule has 6 nitrogen and oxygen atoms in total. The quantitative estimate of drug-likeness (QED) is 0.160. The van der Waals surface area contributed by atoms with Crippen molar-refractivity contribution in [2.75, 3.05) is 0 Å². The van der Waals surface area contributed by atoms with E-state index in [2.05, 4.69) is 179 Å². The average Bonchev–Trinajstić information content (AvgIpc) is 4.11. The van der Waals surface area contributed by atoms with Crippen LogP contribution in [-0.4, -0.2) is 24.1 Å². The molecular weight excluding hydrogens is 885 g/mol. The van der Waals surface area contributed by atoms with E-state index in [1.165, 1.54) is 20.2 Å². The van der Waals surface area contributed by atoms with Gasteiger partial charge in [0.2, 0.25) is 0 Å². The smallest absolute Gasteiger partial charge is 0.164 e. The summed E-state index contributed by atoms with van der Waals surface area (Å²) in [6, 6.07) is 82.9. The molecule has 4 aromatic heterocycles. The van der Waals surface area contributed by atoms with E-state index in [1.807, 2.05) is 78.1 Å². The molecule has 0 amide bonds. The number of nitrogens with zero attached hydrogens (tertiary/aromatic N) is 6. The molecule has 0 unspecified atom stereocenters. The molecule has 330 valence electrons. The molecule has 0 bridgehead atoms. The summed E-state index contributed by atoms with van der Waals surface area (Å²) < 4.78 is 7.24. The molecule has 0 N–H and O–H groups in total. The fraction of sp³-hybridized carbons (Fsp3) is 0. The van der Waals surface area contributed by atoms with Crippen LogP contribution in [0.15, 0.2) is 231 Å². The average molecular weight is 923 g/mol. The van der Waals surface area contributed by atoms with E-state index >= 15 is 0 Å². The zero-order valence-corrected chi connectivity index (χ0v) is 38.8. The number of para-hydroxylation sites is 2. The summed E-state index contributed by atoms with van der Waals surface area (Å²) in [4.78, 5) is 15.8. The highest BCUT2D eigenvalue weighted by molar-refractivity contribution is 7.26. The summed E-state index contributed by atoms with van der Waals surface area (Å²) in [5.74, 6) is 1.56. The van der Waals surface area contributed by atoms with E-state index in [0.29, 0.717) is 28.6 Å². The minimum atomic E-state index is 0.474. The maximum atomic E-state index is 11.3. The van der Waals surface area contributed by atoms with Gasteiger partial charge in [-0.15, -0.1) is 11.3 Å². The van der Waals surface area contributed by atoms with Gasteiger partial charge in [0.05, 0.1) is 43.7 Å². The zero-order chi connectivity index (χ0) is 47.0. The topological polar surface area (TPSA) is 72.3 Å². The molecule has 7 heteroatoms. The Bertz CT molecular complexity index is 4380. The van der Waals surface area contributed by atoms with Crippen LogP contribution < -0.4 is 0 Å². The molecule has 0 fully saturated rings. The highest BCUT2D eigenvalue weighted by atomic mass is 32.1. The van der Waals surface area contributed by atoms with Crippen molar-refractivity contribution in [2.45, 2.75) is 0 Å². The number of hydrogen-bond acceptors (Lipinski definition) is 5. The van der Waals surface area contributed by atoms with Gasteiger partial charge in [-0.25, -0.2) is 15.0 Å². The number of benzene rings is 10. The van der Waals surface area contributed by atoms with Crippen molar-refractivity contribution >= 4 is 75.1 Å². The minimum absolute atomic E-state index is 0.474. The Morgan fingerprint density at radius 3 is 1.59 bits per heavy atom. The Morgan fingerprint density at radius 1 is 0.366 bits per heavy atom. The summed E-state index contributed by atoms with van der Waals surface area (Å²) >= 11 is 1.84. The number of rotatable bonds is 7. The Morgan fingerprint density at radius 2 is 0.915 bits per heavy atom. The molecule has 0 spiro atoms. The van der Waals surface area contributed by atoms with Crippen molar-refractivity contribution in [3.05, 3.63) is 236 Å². The number of thiophene rings is 1. The van der Waals surface area contributed by atoms with Crippen molar-refractivity contribution < 1.29 is 0 Å². The zero-order valence-electron chi connectivity index (χ0n) is 38.0. The standard InChI is InChI=1S/C64H38N6S/c65-39-43-38-42(62-66-63(50-26-9-7-22-44(50)40-18-3-1-4-19-40)68-64(67-62)51-27-10-8-23-45(51)41-20-5-2-6-21-41)34-36-53(43)70-54-30-14-11-24-46(54)48-35-37-56-59(60(48)70)52-28-12-15-31-55(52)69(56)57-32-17-29-49-47-25-13-16-33-58(47)71-61(49)57/h1-38H. The third kappa shape index (κ3) is 6.43. The van der Waals surface area contributed by atoms with Gasteiger partial charge in [0.15, 0.2) is 17.5 Å². The molecule has 4 heterocycles. The first-order valence-corrected chi connectivity index (χ1v) is 24.5. The van der Waals surface area contributed by atoms with Crippen LogP contribution in [0.5, 0.6) is 0 Å². The van der Waals surface area contributed by atoms with E-state index in [4.69, 9.17) is 15.0 Å². The van der Waals surface area contributed by atoms with Gasteiger partial charge in [0.1, 0.15) is 6.07 Å². The van der Waals surface area contributed by atoms with Gasteiger partial charge in [0, 0.05) is 53.7 Å². The second kappa shape index (κ2) is 16.3. The molecule has 71 heavy (non-hydrogen) atoms. The van der Waals surface area contributed by atoms with E-state index in [0.717, 1.165) is 88.4 Å². The molecule has 14 aromatic rings. The van der Waals surface area contributed by atoms with Crippen LogP contribution in [0.25, 0.3) is 132 Å². The second-order valence-electron chi connectivity index (χ2n) is 17.8. The van der Waals surface area contributed by atoms with Crippen molar-refractivity contribution in [3.8, 4) is 73.9 Å². The lowest BCUT2D eigenvalue weighted by atomic mass is 9.98. The SMILES string of the molecule is N#Cc1cc(-c2nc(-c3ccccc3-c3ccccc3)nc(-c3ccccc3-c3ccccc3)n2)ccc1-n1c2ccccc2c2ccc3c(c4ccccc4n3-c3cccc4c3sc3ccccc34)c21. The summed E-state index contributed by atoms with van der Waals surface area (Å²) in [6.45, 7) is 0. The minimum Gasteiger partial charge on any atom is -0.308 e. The van der Waals surface area contributed by atoms with Gasteiger partial charge in [-0.2, -0.15) is 5.26 Å². The summed E-state index contributed by atoms with van der Waals surface area (Å²) in [5, 5.41) is 18.3. The van der Waals surface area contributed by atoms with Gasteiger partial charge < -0.3 is 9.13 Å². The van der Waals surface area contributed by atoms with Crippen LogP contribution in [0.1, 0.15) is 5.56 Å². The second-order valence-corrected chi connectivity index (χ2v) is 18.8. The van der Waals surface area contributed by atoms with Crippen molar-refractivity contribution in [1.29, 1.82) is 5.26 Å². The van der Waals surface area contributed by atoms with Crippen LogP contribution in [0, 0.1) is 11.3 Å². The number of aromatic nitrogens is 5. The third-order valence-corrected chi connectivity index (χ3v) is 15.1.